The van der Waals surface area contributed by atoms with Crippen molar-refractivity contribution >= 4 is 17.5 Å². The predicted molar refractivity (Wildman–Crippen MR) is 83.6 cm³/mol. The van der Waals surface area contributed by atoms with Crippen molar-refractivity contribution in [2.45, 2.75) is 44.7 Å². The van der Waals surface area contributed by atoms with E-state index in [1.54, 1.807) is 6.07 Å². The molecule has 1 saturated heterocycles. The van der Waals surface area contributed by atoms with E-state index >= 15 is 0 Å². The summed E-state index contributed by atoms with van der Waals surface area (Å²) in [6.07, 6.45) is 0.896. The molecule has 0 saturated carbocycles. The lowest BCUT2D eigenvalue weighted by molar-refractivity contribution is -0.139. The molecule has 1 aromatic carbocycles. The Morgan fingerprint density at radius 1 is 1.43 bits per heavy atom. The molecule has 1 aromatic rings. The molecule has 124 valence electrons. The van der Waals surface area contributed by atoms with Crippen molar-refractivity contribution in [1.29, 1.82) is 0 Å². The summed E-state index contributed by atoms with van der Waals surface area (Å²) >= 11 is 0. The number of amides is 2. The molecule has 0 aliphatic carbocycles. The SMILES string of the molecule is CC(C)N(C(=O)[C@@H]1CC(=O)Nc2cc(F)ccc21)[C@@H]1CCOC1. The van der Waals surface area contributed by atoms with Gasteiger partial charge in [-0.3, -0.25) is 9.59 Å². The lowest BCUT2D eigenvalue weighted by Gasteiger charge is -2.36. The summed E-state index contributed by atoms with van der Waals surface area (Å²) in [7, 11) is 0. The first-order valence-corrected chi connectivity index (χ1v) is 7.96. The van der Waals surface area contributed by atoms with E-state index in [0.29, 0.717) is 24.5 Å². The number of carbonyl (C=O) groups excluding carboxylic acids is 2. The van der Waals surface area contributed by atoms with Crippen LogP contribution in [-0.2, 0) is 14.3 Å². The molecule has 3 rings (SSSR count). The zero-order chi connectivity index (χ0) is 16.6. The number of carbonyl (C=O) groups is 2. The molecule has 2 aliphatic heterocycles. The monoisotopic (exact) mass is 320 g/mol. The van der Waals surface area contributed by atoms with Crippen molar-refractivity contribution in [3.63, 3.8) is 0 Å². The van der Waals surface area contributed by atoms with Crippen molar-refractivity contribution in [2.24, 2.45) is 0 Å². The van der Waals surface area contributed by atoms with E-state index in [0.717, 1.165) is 6.42 Å². The summed E-state index contributed by atoms with van der Waals surface area (Å²) in [4.78, 5) is 26.9. The second-order valence-corrected chi connectivity index (χ2v) is 6.39. The van der Waals surface area contributed by atoms with Crippen LogP contribution in [0.4, 0.5) is 10.1 Å². The van der Waals surface area contributed by atoms with E-state index in [1.807, 2.05) is 18.7 Å². The molecule has 2 amide bonds. The van der Waals surface area contributed by atoms with Crippen LogP contribution in [0, 0.1) is 5.82 Å². The van der Waals surface area contributed by atoms with Gasteiger partial charge in [0.1, 0.15) is 5.82 Å². The van der Waals surface area contributed by atoms with Gasteiger partial charge in [-0.1, -0.05) is 6.07 Å². The highest BCUT2D eigenvalue weighted by molar-refractivity contribution is 6.01. The highest BCUT2D eigenvalue weighted by atomic mass is 19.1. The van der Waals surface area contributed by atoms with Crippen molar-refractivity contribution < 1.29 is 18.7 Å². The van der Waals surface area contributed by atoms with Crippen LogP contribution in [0.1, 0.15) is 38.2 Å². The summed E-state index contributed by atoms with van der Waals surface area (Å²) in [6, 6.07) is 4.25. The fourth-order valence-electron chi connectivity index (χ4n) is 3.44. The minimum Gasteiger partial charge on any atom is -0.379 e. The molecular formula is C17H21FN2O3. The fraction of sp³-hybridized carbons (Fsp3) is 0.529. The number of fused-ring (bicyclic) bond motifs is 1. The normalized spacial score (nSPS) is 23.6. The van der Waals surface area contributed by atoms with Crippen molar-refractivity contribution in [3.05, 3.63) is 29.6 Å². The largest absolute Gasteiger partial charge is 0.379 e. The maximum absolute atomic E-state index is 13.4. The lowest BCUT2D eigenvalue weighted by Crippen LogP contribution is -2.48. The molecule has 2 aliphatic rings. The van der Waals surface area contributed by atoms with Crippen LogP contribution >= 0.6 is 0 Å². The molecule has 0 bridgehead atoms. The van der Waals surface area contributed by atoms with Crippen LogP contribution in [0.5, 0.6) is 0 Å². The van der Waals surface area contributed by atoms with Gasteiger partial charge in [0.15, 0.2) is 0 Å². The Kier molecular flexibility index (Phi) is 4.35. The maximum atomic E-state index is 13.4. The number of hydrogen-bond acceptors (Lipinski definition) is 3. The number of benzene rings is 1. The Morgan fingerprint density at radius 2 is 2.22 bits per heavy atom. The number of nitrogens with one attached hydrogen (secondary N) is 1. The second kappa shape index (κ2) is 6.28. The number of rotatable bonds is 3. The van der Waals surface area contributed by atoms with Gasteiger partial charge in [0.25, 0.3) is 0 Å². The Balaban J connectivity index is 1.93. The molecule has 1 N–H and O–H groups in total. The Bertz CT molecular complexity index is 626. The average molecular weight is 320 g/mol. The summed E-state index contributed by atoms with van der Waals surface area (Å²) in [5.74, 6) is -1.34. The topological polar surface area (TPSA) is 58.6 Å². The first-order chi connectivity index (χ1) is 11.0. The predicted octanol–water partition coefficient (Wildman–Crippen LogP) is 2.28. The third kappa shape index (κ3) is 3.08. The Morgan fingerprint density at radius 3 is 2.87 bits per heavy atom. The van der Waals surface area contributed by atoms with E-state index < -0.39 is 11.7 Å². The maximum Gasteiger partial charge on any atom is 0.231 e. The van der Waals surface area contributed by atoms with E-state index in [-0.39, 0.29) is 30.3 Å². The number of nitrogens with zero attached hydrogens (tertiary/aromatic N) is 1. The van der Waals surface area contributed by atoms with Crippen LogP contribution < -0.4 is 5.32 Å². The number of anilines is 1. The molecular weight excluding hydrogens is 299 g/mol. The zero-order valence-corrected chi connectivity index (χ0v) is 13.3. The van der Waals surface area contributed by atoms with Crippen LogP contribution in [0.25, 0.3) is 0 Å². The zero-order valence-electron chi connectivity index (χ0n) is 13.3. The van der Waals surface area contributed by atoms with Gasteiger partial charge in [0, 0.05) is 24.8 Å². The summed E-state index contributed by atoms with van der Waals surface area (Å²) in [6.45, 7) is 5.10. The Hall–Kier alpha value is -1.95. The summed E-state index contributed by atoms with van der Waals surface area (Å²) in [5.41, 5.74) is 1.08. The lowest BCUT2D eigenvalue weighted by atomic mass is 9.88. The third-order valence-corrected chi connectivity index (χ3v) is 4.46. The van der Waals surface area contributed by atoms with Gasteiger partial charge in [0.05, 0.1) is 18.6 Å². The molecule has 0 aromatic heterocycles. The van der Waals surface area contributed by atoms with Gasteiger partial charge in [-0.15, -0.1) is 0 Å². The molecule has 2 heterocycles. The van der Waals surface area contributed by atoms with Gasteiger partial charge in [-0.2, -0.15) is 0 Å². The standard InChI is InChI=1S/C17H21FN2O3/c1-10(2)20(12-5-6-23-9-12)17(22)14-8-16(21)19-15-7-11(18)3-4-13(14)15/h3-4,7,10,12,14H,5-6,8-9H2,1-2H3,(H,19,21)/t12-,14-/m1/s1. The van der Waals surface area contributed by atoms with E-state index in [9.17, 15) is 14.0 Å². The van der Waals surface area contributed by atoms with Crippen LogP contribution in [0.15, 0.2) is 18.2 Å². The van der Waals surface area contributed by atoms with E-state index in [1.165, 1.54) is 12.1 Å². The number of ether oxygens (including phenoxy) is 1. The molecule has 1 fully saturated rings. The highest BCUT2D eigenvalue weighted by Gasteiger charge is 2.38. The summed E-state index contributed by atoms with van der Waals surface area (Å²) in [5, 5.41) is 2.65. The smallest absolute Gasteiger partial charge is 0.231 e. The molecule has 5 nitrogen and oxygen atoms in total. The number of halogens is 1. The minimum atomic E-state index is -0.567. The molecule has 23 heavy (non-hydrogen) atoms. The van der Waals surface area contributed by atoms with Gasteiger partial charge in [0.2, 0.25) is 11.8 Å². The van der Waals surface area contributed by atoms with Crippen LogP contribution in [0.3, 0.4) is 0 Å². The van der Waals surface area contributed by atoms with Gasteiger partial charge >= 0.3 is 0 Å². The summed E-state index contributed by atoms with van der Waals surface area (Å²) < 4.78 is 18.8. The first kappa shape index (κ1) is 15.9. The third-order valence-electron chi connectivity index (χ3n) is 4.46. The highest BCUT2D eigenvalue weighted by Crippen LogP contribution is 2.35. The molecule has 0 unspecified atom stereocenters. The van der Waals surface area contributed by atoms with Crippen molar-refractivity contribution in [3.8, 4) is 0 Å². The van der Waals surface area contributed by atoms with Crippen LogP contribution in [-0.4, -0.2) is 42.0 Å². The molecule has 0 radical (unpaired) electrons. The van der Waals surface area contributed by atoms with Crippen molar-refractivity contribution in [2.75, 3.05) is 18.5 Å². The molecule has 0 spiro atoms. The fourth-order valence-corrected chi connectivity index (χ4v) is 3.44. The van der Waals surface area contributed by atoms with Crippen molar-refractivity contribution in [1.82, 2.24) is 4.90 Å². The van der Waals surface area contributed by atoms with Crippen LogP contribution in [0.2, 0.25) is 0 Å². The molecule has 6 heteroatoms. The van der Waals surface area contributed by atoms with E-state index in [2.05, 4.69) is 5.32 Å². The van der Waals surface area contributed by atoms with E-state index in [4.69, 9.17) is 4.74 Å². The quantitative estimate of drug-likeness (QED) is 0.929. The average Bonchev–Trinajstić information content (AvgIpc) is 2.99. The van der Waals surface area contributed by atoms with Gasteiger partial charge in [-0.25, -0.2) is 4.39 Å². The molecule has 2 atom stereocenters. The van der Waals surface area contributed by atoms with Gasteiger partial charge < -0.3 is 15.0 Å². The van der Waals surface area contributed by atoms with Gasteiger partial charge in [-0.05, 0) is 38.0 Å². The second-order valence-electron chi connectivity index (χ2n) is 6.39. The first-order valence-electron chi connectivity index (χ1n) is 7.96. The Labute approximate surface area is 134 Å². The number of hydrogen-bond donors (Lipinski definition) is 1. The minimum absolute atomic E-state index is 0.0167.